The number of fused-ring (bicyclic) bond motifs is 1. The van der Waals surface area contributed by atoms with Gasteiger partial charge in [-0.3, -0.25) is 4.79 Å². The van der Waals surface area contributed by atoms with Crippen molar-refractivity contribution in [2.45, 2.75) is 43.6 Å². The highest BCUT2D eigenvalue weighted by atomic mass is 32.2. The number of aliphatic hydroxyl groups is 1. The predicted molar refractivity (Wildman–Crippen MR) is 102 cm³/mol. The molecule has 0 saturated carbocycles. The monoisotopic (exact) mass is 394 g/mol. The number of nitrogens with zero attached hydrogens (tertiary/aromatic N) is 3. The first kappa shape index (κ1) is 19.8. The minimum atomic E-state index is -3.48. The SMILES string of the molecule is CC(O)CNC(=O)CCc1nc2cc(S(=O)(=O)N3CCCC3)ccc2n1C. The minimum absolute atomic E-state index is 0.153. The van der Waals surface area contributed by atoms with Crippen molar-refractivity contribution in [1.29, 1.82) is 0 Å². The van der Waals surface area contributed by atoms with Gasteiger partial charge in [0, 0.05) is 39.5 Å². The highest BCUT2D eigenvalue weighted by Gasteiger charge is 2.27. The van der Waals surface area contributed by atoms with Crippen molar-refractivity contribution in [3.63, 3.8) is 0 Å². The van der Waals surface area contributed by atoms with E-state index in [1.807, 2.05) is 11.6 Å². The Balaban J connectivity index is 1.77. The zero-order valence-electron chi connectivity index (χ0n) is 15.7. The van der Waals surface area contributed by atoms with Gasteiger partial charge in [-0.25, -0.2) is 13.4 Å². The average molecular weight is 394 g/mol. The molecule has 1 saturated heterocycles. The van der Waals surface area contributed by atoms with Crippen molar-refractivity contribution in [2.75, 3.05) is 19.6 Å². The molecule has 3 rings (SSSR count). The maximum Gasteiger partial charge on any atom is 0.243 e. The maximum absolute atomic E-state index is 12.7. The lowest BCUT2D eigenvalue weighted by molar-refractivity contribution is -0.121. The number of hydrogen-bond donors (Lipinski definition) is 2. The Morgan fingerprint density at radius 1 is 1.33 bits per heavy atom. The predicted octanol–water partition coefficient (Wildman–Crippen LogP) is 0.787. The van der Waals surface area contributed by atoms with Crippen LogP contribution in [0.2, 0.25) is 0 Å². The van der Waals surface area contributed by atoms with Gasteiger partial charge in [0.1, 0.15) is 5.82 Å². The van der Waals surface area contributed by atoms with Gasteiger partial charge in [0.25, 0.3) is 0 Å². The highest BCUT2D eigenvalue weighted by Crippen LogP contribution is 2.25. The van der Waals surface area contributed by atoms with Crippen molar-refractivity contribution in [2.24, 2.45) is 7.05 Å². The smallest absolute Gasteiger partial charge is 0.243 e. The number of imidazole rings is 1. The van der Waals surface area contributed by atoms with Crippen LogP contribution in [-0.2, 0) is 28.3 Å². The summed E-state index contributed by atoms with van der Waals surface area (Å²) in [6.45, 7) is 2.96. The van der Waals surface area contributed by atoms with Gasteiger partial charge >= 0.3 is 0 Å². The Labute approximate surface area is 159 Å². The van der Waals surface area contributed by atoms with Gasteiger partial charge in [-0.15, -0.1) is 0 Å². The molecule has 2 aromatic rings. The molecule has 1 fully saturated rings. The Kier molecular flexibility index (Phi) is 5.83. The van der Waals surface area contributed by atoms with Crippen molar-refractivity contribution < 1.29 is 18.3 Å². The topological polar surface area (TPSA) is 105 Å². The van der Waals surface area contributed by atoms with Gasteiger partial charge in [0.2, 0.25) is 15.9 Å². The third kappa shape index (κ3) is 4.31. The van der Waals surface area contributed by atoms with Gasteiger partial charge in [-0.1, -0.05) is 0 Å². The number of carbonyl (C=O) groups is 1. The molecule has 1 atom stereocenters. The summed E-state index contributed by atoms with van der Waals surface area (Å²) in [4.78, 5) is 16.6. The van der Waals surface area contributed by atoms with E-state index in [1.165, 1.54) is 4.31 Å². The quantitative estimate of drug-likeness (QED) is 0.722. The van der Waals surface area contributed by atoms with E-state index in [9.17, 15) is 18.3 Å². The molecule has 8 nitrogen and oxygen atoms in total. The number of aromatic nitrogens is 2. The first-order chi connectivity index (χ1) is 12.8. The van der Waals surface area contributed by atoms with Crippen LogP contribution in [0, 0.1) is 0 Å². The first-order valence-electron chi connectivity index (χ1n) is 9.19. The third-order valence-electron chi connectivity index (χ3n) is 4.82. The van der Waals surface area contributed by atoms with Crippen molar-refractivity contribution in [3.8, 4) is 0 Å². The number of sulfonamides is 1. The van der Waals surface area contributed by atoms with E-state index >= 15 is 0 Å². The number of aliphatic hydroxyl groups excluding tert-OH is 1. The van der Waals surface area contributed by atoms with Crippen LogP contribution < -0.4 is 5.32 Å². The Bertz CT molecular complexity index is 930. The largest absolute Gasteiger partial charge is 0.392 e. The number of aryl methyl sites for hydroxylation is 2. The summed E-state index contributed by atoms with van der Waals surface area (Å²) in [6.07, 6.45) is 1.90. The van der Waals surface area contributed by atoms with Crippen LogP contribution in [0.5, 0.6) is 0 Å². The van der Waals surface area contributed by atoms with Crippen LogP contribution in [0.25, 0.3) is 11.0 Å². The number of rotatable bonds is 7. The molecular weight excluding hydrogens is 368 g/mol. The number of hydrogen-bond acceptors (Lipinski definition) is 5. The zero-order chi connectivity index (χ0) is 19.6. The molecule has 27 heavy (non-hydrogen) atoms. The second-order valence-corrected chi connectivity index (χ2v) is 8.94. The van der Waals surface area contributed by atoms with Crippen LogP contribution in [0.4, 0.5) is 0 Å². The van der Waals surface area contributed by atoms with E-state index in [2.05, 4.69) is 10.3 Å². The van der Waals surface area contributed by atoms with Crippen molar-refractivity contribution >= 4 is 27.0 Å². The Morgan fingerprint density at radius 2 is 2.04 bits per heavy atom. The molecule has 1 aliphatic rings. The molecule has 2 heterocycles. The number of benzene rings is 1. The van der Waals surface area contributed by atoms with Gasteiger partial charge in [0.05, 0.1) is 22.0 Å². The molecule has 2 N–H and O–H groups in total. The second kappa shape index (κ2) is 7.95. The number of carbonyl (C=O) groups excluding carboxylic acids is 1. The standard InChI is InChI=1S/C18H26N4O4S/c1-13(23)12-19-18(24)8-7-17-20-15-11-14(5-6-16(15)21(17)2)27(25,26)22-9-3-4-10-22/h5-6,11,13,23H,3-4,7-10,12H2,1-2H3,(H,19,24). The van der Waals surface area contributed by atoms with Crippen LogP contribution in [0.15, 0.2) is 23.1 Å². The van der Waals surface area contributed by atoms with E-state index in [0.29, 0.717) is 30.9 Å². The summed E-state index contributed by atoms with van der Waals surface area (Å²) in [6, 6.07) is 5.00. The van der Waals surface area contributed by atoms with E-state index in [4.69, 9.17) is 0 Å². The summed E-state index contributed by atoms with van der Waals surface area (Å²) in [5, 5.41) is 11.9. The fourth-order valence-corrected chi connectivity index (χ4v) is 4.80. The number of amides is 1. The Hall–Kier alpha value is -1.97. The lowest BCUT2D eigenvalue weighted by atomic mass is 10.2. The van der Waals surface area contributed by atoms with Crippen molar-refractivity contribution in [1.82, 2.24) is 19.2 Å². The van der Waals surface area contributed by atoms with E-state index in [-0.39, 0.29) is 23.8 Å². The molecule has 0 radical (unpaired) electrons. The van der Waals surface area contributed by atoms with Gasteiger partial charge in [-0.2, -0.15) is 4.31 Å². The molecule has 148 valence electrons. The fraction of sp³-hybridized carbons (Fsp3) is 0.556. The molecule has 0 spiro atoms. The lowest BCUT2D eigenvalue weighted by Gasteiger charge is -2.15. The summed E-state index contributed by atoms with van der Waals surface area (Å²) < 4.78 is 28.9. The van der Waals surface area contributed by atoms with E-state index < -0.39 is 16.1 Å². The molecule has 1 aromatic carbocycles. The van der Waals surface area contributed by atoms with E-state index in [1.54, 1.807) is 25.1 Å². The van der Waals surface area contributed by atoms with Gasteiger partial charge in [0.15, 0.2) is 0 Å². The molecule has 1 aromatic heterocycles. The molecule has 1 amide bonds. The minimum Gasteiger partial charge on any atom is -0.392 e. The summed E-state index contributed by atoms with van der Waals surface area (Å²) in [5.74, 6) is 0.563. The molecular formula is C18H26N4O4S. The first-order valence-corrected chi connectivity index (χ1v) is 10.6. The second-order valence-electron chi connectivity index (χ2n) is 7.00. The molecule has 0 bridgehead atoms. The number of nitrogens with one attached hydrogen (secondary N) is 1. The van der Waals surface area contributed by atoms with E-state index in [0.717, 1.165) is 18.4 Å². The summed E-state index contributed by atoms with van der Waals surface area (Å²) in [7, 11) is -1.62. The van der Waals surface area contributed by atoms with Crippen LogP contribution >= 0.6 is 0 Å². The van der Waals surface area contributed by atoms with Gasteiger partial charge < -0.3 is 15.0 Å². The summed E-state index contributed by atoms with van der Waals surface area (Å²) >= 11 is 0. The molecule has 9 heteroatoms. The zero-order valence-corrected chi connectivity index (χ0v) is 16.5. The maximum atomic E-state index is 12.7. The fourth-order valence-electron chi connectivity index (χ4n) is 3.27. The molecule has 1 aliphatic heterocycles. The van der Waals surface area contributed by atoms with Crippen LogP contribution in [0.1, 0.15) is 32.0 Å². The van der Waals surface area contributed by atoms with Crippen LogP contribution in [-0.4, -0.2) is 59.0 Å². The van der Waals surface area contributed by atoms with Crippen molar-refractivity contribution in [3.05, 3.63) is 24.0 Å². The molecule has 1 unspecified atom stereocenters. The van der Waals surface area contributed by atoms with Crippen LogP contribution in [0.3, 0.4) is 0 Å². The highest BCUT2D eigenvalue weighted by molar-refractivity contribution is 7.89. The third-order valence-corrected chi connectivity index (χ3v) is 6.71. The van der Waals surface area contributed by atoms with Gasteiger partial charge in [-0.05, 0) is 38.0 Å². The average Bonchev–Trinajstić information content (AvgIpc) is 3.27. The normalized spacial score (nSPS) is 16.7. The lowest BCUT2D eigenvalue weighted by Crippen LogP contribution is -2.30. The molecule has 0 aliphatic carbocycles. The Morgan fingerprint density at radius 3 is 2.70 bits per heavy atom. The summed E-state index contributed by atoms with van der Waals surface area (Å²) in [5.41, 5.74) is 1.44.